The highest BCUT2D eigenvalue weighted by Gasteiger charge is 2.54. The van der Waals surface area contributed by atoms with Crippen LogP contribution in [0, 0.1) is 22.7 Å². The van der Waals surface area contributed by atoms with Crippen molar-refractivity contribution in [3.05, 3.63) is 65.2 Å². The van der Waals surface area contributed by atoms with E-state index < -0.39 is 0 Å². The lowest BCUT2D eigenvalue weighted by molar-refractivity contribution is -0.0537. The molecule has 2 aromatic rings. The van der Waals surface area contributed by atoms with E-state index in [0.717, 1.165) is 31.6 Å². The highest BCUT2D eigenvalue weighted by molar-refractivity contribution is 5.40. The van der Waals surface area contributed by atoms with Crippen LogP contribution in [0.3, 0.4) is 0 Å². The molecular formula is C35H54O3. The molecule has 3 aliphatic carbocycles. The minimum absolute atomic E-state index is 0.0614. The summed E-state index contributed by atoms with van der Waals surface area (Å²) in [6.07, 6.45) is 7.84. The second-order valence-corrected chi connectivity index (χ2v) is 13.7. The van der Waals surface area contributed by atoms with Crippen molar-refractivity contribution in [2.75, 3.05) is 0 Å². The molecule has 212 valence electrons. The summed E-state index contributed by atoms with van der Waals surface area (Å²) in [7, 11) is 0. The molecule has 2 saturated carbocycles. The van der Waals surface area contributed by atoms with Crippen LogP contribution >= 0.6 is 0 Å². The molecular weight excluding hydrogens is 468 g/mol. The van der Waals surface area contributed by atoms with Gasteiger partial charge in [-0.15, -0.1) is 0 Å². The minimum atomic E-state index is -0.0883. The maximum Gasteiger partial charge on any atom is 0.115 e. The van der Waals surface area contributed by atoms with Gasteiger partial charge in [0.25, 0.3) is 0 Å². The molecule has 3 nitrogen and oxygen atoms in total. The monoisotopic (exact) mass is 522 g/mol. The van der Waals surface area contributed by atoms with Gasteiger partial charge in [-0.25, -0.2) is 0 Å². The van der Waals surface area contributed by atoms with Crippen LogP contribution in [-0.4, -0.2) is 21.9 Å². The summed E-state index contributed by atoms with van der Waals surface area (Å²) >= 11 is 0. The summed E-state index contributed by atoms with van der Waals surface area (Å²) in [5.41, 5.74) is 4.48. The molecule has 0 heterocycles. The molecule has 0 bridgehead atoms. The number of aliphatic hydroxyl groups is 1. The molecule has 0 aliphatic heterocycles. The van der Waals surface area contributed by atoms with E-state index in [2.05, 4.69) is 71.9 Å². The molecule has 3 heteroatoms. The highest BCUT2D eigenvalue weighted by atomic mass is 16.5. The van der Waals surface area contributed by atoms with Crippen LogP contribution in [0.25, 0.3) is 0 Å². The Balaban J connectivity index is 0.000000203. The third-order valence-electron chi connectivity index (χ3n) is 9.09. The third kappa shape index (κ3) is 7.42. The number of phenols is 1. The lowest BCUT2D eigenvalue weighted by atomic mass is 9.55. The fraction of sp³-hybridized carbons (Fsp3) is 0.657. The average molecular weight is 523 g/mol. The first-order valence-corrected chi connectivity index (χ1v) is 15.1. The van der Waals surface area contributed by atoms with E-state index in [-0.39, 0.29) is 17.1 Å². The molecule has 5 atom stereocenters. The predicted molar refractivity (Wildman–Crippen MR) is 159 cm³/mol. The summed E-state index contributed by atoms with van der Waals surface area (Å²) in [6, 6.07) is 16.3. The predicted octanol–water partition coefficient (Wildman–Crippen LogP) is 9.05. The minimum Gasteiger partial charge on any atom is -0.508 e. The van der Waals surface area contributed by atoms with Gasteiger partial charge in [0.15, 0.2) is 0 Å². The number of ether oxygens (including phenoxy) is 1. The summed E-state index contributed by atoms with van der Waals surface area (Å²) in [5, 5.41) is 20.0. The molecule has 2 aromatic carbocycles. The van der Waals surface area contributed by atoms with Gasteiger partial charge >= 0.3 is 0 Å². The second-order valence-electron chi connectivity index (χ2n) is 13.7. The molecule has 2 fully saturated rings. The van der Waals surface area contributed by atoms with Crippen molar-refractivity contribution in [3.63, 3.8) is 0 Å². The number of aromatic hydroxyl groups is 1. The van der Waals surface area contributed by atoms with Crippen molar-refractivity contribution >= 4 is 0 Å². The Bertz CT molecular complexity index is 1010. The lowest BCUT2D eigenvalue weighted by Crippen LogP contribution is -2.43. The molecule has 0 amide bonds. The van der Waals surface area contributed by atoms with Crippen LogP contribution in [0.2, 0.25) is 0 Å². The van der Waals surface area contributed by atoms with Crippen LogP contribution in [0.4, 0.5) is 0 Å². The number of hydrogen-bond acceptors (Lipinski definition) is 3. The molecule has 3 unspecified atom stereocenters. The quantitative estimate of drug-likeness (QED) is 0.421. The van der Waals surface area contributed by atoms with Gasteiger partial charge in [-0.05, 0) is 116 Å². The smallest absolute Gasteiger partial charge is 0.115 e. The number of aryl methyl sites for hydroxylation is 1. The Morgan fingerprint density at radius 2 is 1.61 bits per heavy atom. The molecule has 0 spiro atoms. The van der Waals surface area contributed by atoms with E-state index in [4.69, 9.17) is 4.74 Å². The molecule has 3 aliphatic rings. The maximum absolute atomic E-state index is 10.4. The van der Waals surface area contributed by atoms with Crippen LogP contribution in [-0.2, 0) is 17.8 Å². The largest absolute Gasteiger partial charge is 0.508 e. The summed E-state index contributed by atoms with van der Waals surface area (Å²) in [5.74, 6) is 2.49. The number of benzene rings is 2. The zero-order chi connectivity index (χ0) is 28.1. The molecule has 5 rings (SSSR count). The summed E-state index contributed by atoms with van der Waals surface area (Å²) < 4.78 is 5.99. The van der Waals surface area contributed by atoms with E-state index in [1.807, 2.05) is 32.0 Å². The van der Waals surface area contributed by atoms with E-state index >= 15 is 0 Å². The Kier molecular flexibility index (Phi) is 10.1. The van der Waals surface area contributed by atoms with Crippen LogP contribution < -0.4 is 0 Å². The molecule has 2 N–H and O–H groups in total. The van der Waals surface area contributed by atoms with Gasteiger partial charge in [-0.3, -0.25) is 0 Å². The maximum atomic E-state index is 10.4. The van der Waals surface area contributed by atoms with Crippen molar-refractivity contribution in [3.8, 4) is 5.75 Å². The van der Waals surface area contributed by atoms with Crippen molar-refractivity contribution in [2.24, 2.45) is 22.7 Å². The van der Waals surface area contributed by atoms with Crippen LogP contribution in [0.15, 0.2) is 48.5 Å². The standard InChI is InChI=1S/C18H24O2.C15H24O.C2H6/c1-18-9-8-14-13-5-3-12(19)10-11(13)2-4-15(14)16(18)6-7-17(18)20;1-14(2,3)12-15(4,5)16-11-13-9-7-6-8-10-13;1-2/h3,5,10,14-17,19-20H,2,4,6-9H2,1H3;6-10H,11-12H2,1-5H3;1-2H3/t14?,15?,16?,17-,18-;;/m0../s1. The lowest BCUT2D eigenvalue weighted by Gasteiger charge is -2.50. The van der Waals surface area contributed by atoms with Crippen molar-refractivity contribution in [2.45, 2.75) is 125 Å². The highest BCUT2D eigenvalue weighted by Crippen LogP contribution is 2.60. The topological polar surface area (TPSA) is 49.7 Å². The molecule has 0 aromatic heterocycles. The third-order valence-corrected chi connectivity index (χ3v) is 9.09. The Labute approximate surface area is 233 Å². The Morgan fingerprint density at radius 3 is 2.26 bits per heavy atom. The Morgan fingerprint density at radius 1 is 0.921 bits per heavy atom. The van der Waals surface area contributed by atoms with Gasteiger partial charge in [0, 0.05) is 0 Å². The zero-order valence-corrected chi connectivity index (χ0v) is 25.4. The number of rotatable bonds is 4. The van der Waals surface area contributed by atoms with Gasteiger partial charge in [-0.2, -0.15) is 0 Å². The van der Waals surface area contributed by atoms with E-state index in [0.29, 0.717) is 29.6 Å². The van der Waals surface area contributed by atoms with E-state index in [1.54, 1.807) is 0 Å². The van der Waals surface area contributed by atoms with Gasteiger partial charge in [0.1, 0.15) is 5.75 Å². The summed E-state index contributed by atoms with van der Waals surface area (Å²) in [6.45, 7) is 18.1. The number of phenolic OH excluding ortho intramolecular Hbond substituents is 1. The molecule has 38 heavy (non-hydrogen) atoms. The second kappa shape index (κ2) is 12.6. The van der Waals surface area contributed by atoms with Crippen molar-refractivity contribution < 1.29 is 14.9 Å². The van der Waals surface area contributed by atoms with E-state index in [1.165, 1.54) is 36.0 Å². The van der Waals surface area contributed by atoms with Gasteiger partial charge < -0.3 is 14.9 Å². The van der Waals surface area contributed by atoms with Gasteiger partial charge in [-0.1, -0.05) is 77.9 Å². The summed E-state index contributed by atoms with van der Waals surface area (Å²) in [4.78, 5) is 0. The van der Waals surface area contributed by atoms with Crippen molar-refractivity contribution in [1.29, 1.82) is 0 Å². The fourth-order valence-electron chi connectivity index (χ4n) is 7.72. The number of hydrogen-bond donors (Lipinski definition) is 2. The zero-order valence-electron chi connectivity index (χ0n) is 25.4. The van der Waals surface area contributed by atoms with Gasteiger partial charge in [0.05, 0.1) is 18.3 Å². The van der Waals surface area contributed by atoms with E-state index in [9.17, 15) is 10.2 Å². The number of aliphatic hydroxyl groups excluding tert-OH is 1. The Hall–Kier alpha value is -1.84. The van der Waals surface area contributed by atoms with Crippen LogP contribution in [0.5, 0.6) is 5.75 Å². The molecule has 0 radical (unpaired) electrons. The SMILES string of the molecule is CC.CC(C)(C)CC(C)(C)OCc1ccccc1.C[C@]12CCC3c4ccc(O)cc4CCC3C1CC[C@@H]2O. The first-order valence-electron chi connectivity index (χ1n) is 15.1. The van der Waals surface area contributed by atoms with Crippen molar-refractivity contribution in [1.82, 2.24) is 0 Å². The first kappa shape index (κ1) is 30.7. The normalized spacial score (nSPS) is 28.0. The average Bonchev–Trinajstić information content (AvgIpc) is 3.18. The number of fused-ring (bicyclic) bond motifs is 5. The molecule has 0 saturated heterocycles. The fourth-order valence-corrected chi connectivity index (χ4v) is 7.72. The van der Waals surface area contributed by atoms with Crippen LogP contribution in [0.1, 0.15) is 117 Å². The first-order chi connectivity index (χ1) is 17.9. The van der Waals surface area contributed by atoms with Gasteiger partial charge in [0.2, 0.25) is 0 Å².